The number of carbonyl (C=O) groups excluding carboxylic acids is 1. The first-order valence-corrected chi connectivity index (χ1v) is 7.21. The Bertz CT molecular complexity index is 623. The summed E-state index contributed by atoms with van der Waals surface area (Å²) in [5.41, 5.74) is 7.79. The van der Waals surface area contributed by atoms with Crippen molar-refractivity contribution in [2.24, 2.45) is 5.73 Å². The van der Waals surface area contributed by atoms with E-state index in [0.29, 0.717) is 6.54 Å². The quantitative estimate of drug-likeness (QED) is 0.939. The summed E-state index contributed by atoms with van der Waals surface area (Å²) < 4.78 is 5.33. The molecule has 0 spiro atoms. The molecule has 2 aromatic rings. The number of nitrogens with zero attached hydrogens (tertiary/aromatic N) is 2. The molecule has 1 aliphatic heterocycles. The molecule has 21 heavy (non-hydrogen) atoms. The monoisotopic (exact) mass is 285 g/mol. The number of nitrogens with two attached hydrogens (primary N) is 1. The molecule has 5 heteroatoms. The number of benzene rings is 1. The van der Waals surface area contributed by atoms with Gasteiger partial charge in [-0.15, -0.1) is 0 Å². The highest BCUT2D eigenvalue weighted by Gasteiger charge is 2.35. The number of hydrogen-bond donors (Lipinski definition) is 1. The van der Waals surface area contributed by atoms with Gasteiger partial charge < -0.3 is 15.2 Å². The molecule has 0 bridgehead atoms. The number of rotatable bonds is 3. The van der Waals surface area contributed by atoms with Crippen molar-refractivity contribution in [1.29, 1.82) is 0 Å². The van der Waals surface area contributed by atoms with Gasteiger partial charge in [-0.05, 0) is 25.3 Å². The van der Waals surface area contributed by atoms with Crippen LogP contribution in [0.4, 0.5) is 0 Å². The van der Waals surface area contributed by atoms with Gasteiger partial charge in [-0.25, -0.2) is 0 Å². The normalized spacial score (nSPS) is 19.7. The molecule has 0 radical (unpaired) electrons. The van der Waals surface area contributed by atoms with Gasteiger partial charge in [0.05, 0.1) is 11.7 Å². The summed E-state index contributed by atoms with van der Waals surface area (Å²) in [6, 6.07) is 10.7. The first-order valence-electron chi connectivity index (χ1n) is 7.21. The minimum absolute atomic E-state index is 0.0477. The summed E-state index contributed by atoms with van der Waals surface area (Å²) >= 11 is 0. The van der Waals surface area contributed by atoms with Crippen LogP contribution in [0, 0.1) is 6.92 Å². The van der Waals surface area contributed by atoms with E-state index in [-0.39, 0.29) is 11.9 Å². The summed E-state index contributed by atoms with van der Waals surface area (Å²) in [6.07, 6.45) is 1.85. The van der Waals surface area contributed by atoms with Crippen LogP contribution in [-0.4, -0.2) is 22.5 Å². The van der Waals surface area contributed by atoms with Crippen LogP contribution in [0.15, 0.2) is 40.9 Å². The molecule has 1 amide bonds. The van der Waals surface area contributed by atoms with Crippen molar-refractivity contribution in [2.45, 2.75) is 31.8 Å². The third-order valence-electron chi connectivity index (χ3n) is 3.94. The van der Waals surface area contributed by atoms with Crippen molar-refractivity contribution in [3.63, 3.8) is 0 Å². The molecule has 1 aromatic carbocycles. The number of aromatic nitrogens is 1. The molecular weight excluding hydrogens is 266 g/mol. The van der Waals surface area contributed by atoms with Crippen molar-refractivity contribution in [3.05, 3.63) is 53.4 Å². The third-order valence-corrected chi connectivity index (χ3v) is 3.94. The van der Waals surface area contributed by atoms with E-state index in [0.717, 1.165) is 29.9 Å². The molecule has 3 rings (SSSR count). The number of hydrogen-bond acceptors (Lipinski definition) is 4. The van der Waals surface area contributed by atoms with Crippen LogP contribution in [0.2, 0.25) is 0 Å². The molecule has 5 nitrogen and oxygen atoms in total. The Balaban J connectivity index is 1.80. The van der Waals surface area contributed by atoms with Crippen molar-refractivity contribution in [1.82, 2.24) is 10.1 Å². The molecule has 2 N–H and O–H groups in total. The second kappa shape index (κ2) is 5.69. The summed E-state index contributed by atoms with van der Waals surface area (Å²) in [7, 11) is 0. The SMILES string of the molecule is Cc1cc(C2CCCN2C(=O)C(N)c2ccccc2)on1. The van der Waals surface area contributed by atoms with Gasteiger partial charge in [0.15, 0.2) is 5.76 Å². The average Bonchev–Trinajstić information content (AvgIpc) is 3.15. The summed E-state index contributed by atoms with van der Waals surface area (Å²) in [4.78, 5) is 14.5. The number of carbonyl (C=O) groups is 1. The Kier molecular flexibility index (Phi) is 3.75. The summed E-state index contributed by atoms with van der Waals surface area (Å²) in [6.45, 7) is 2.59. The van der Waals surface area contributed by atoms with E-state index in [1.165, 1.54) is 0 Å². The maximum Gasteiger partial charge on any atom is 0.244 e. The lowest BCUT2D eigenvalue weighted by Gasteiger charge is -2.26. The lowest BCUT2D eigenvalue weighted by Crippen LogP contribution is -2.38. The lowest BCUT2D eigenvalue weighted by molar-refractivity contribution is -0.134. The average molecular weight is 285 g/mol. The lowest BCUT2D eigenvalue weighted by atomic mass is 10.1. The van der Waals surface area contributed by atoms with Gasteiger partial charge in [0.1, 0.15) is 6.04 Å². The van der Waals surface area contributed by atoms with Gasteiger partial charge in [0, 0.05) is 12.6 Å². The molecule has 1 saturated heterocycles. The van der Waals surface area contributed by atoms with Crippen LogP contribution >= 0.6 is 0 Å². The Morgan fingerprint density at radius 2 is 2.19 bits per heavy atom. The zero-order valence-electron chi connectivity index (χ0n) is 12.0. The Hall–Kier alpha value is -2.14. The predicted molar refractivity (Wildman–Crippen MR) is 78.3 cm³/mol. The van der Waals surface area contributed by atoms with E-state index in [4.69, 9.17) is 10.3 Å². The van der Waals surface area contributed by atoms with E-state index < -0.39 is 6.04 Å². The molecule has 2 heterocycles. The molecular formula is C16H19N3O2. The van der Waals surface area contributed by atoms with Crippen LogP contribution in [0.25, 0.3) is 0 Å². The fourth-order valence-electron chi connectivity index (χ4n) is 2.85. The maximum absolute atomic E-state index is 12.7. The molecule has 1 fully saturated rings. The number of likely N-dealkylation sites (tertiary alicyclic amines) is 1. The Morgan fingerprint density at radius 3 is 2.86 bits per heavy atom. The van der Waals surface area contributed by atoms with Gasteiger partial charge >= 0.3 is 0 Å². The van der Waals surface area contributed by atoms with Gasteiger partial charge in [-0.3, -0.25) is 4.79 Å². The molecule has 110 valence electrons. The van der Waals surface area contributed by atoms with Gasteiger partial charge in [-0.1, -0.05) is 35.5 Å². The second-order valence-electron chi connectivity index (χ2n) is 5.45. The first kappa shape index (κ1) is 13.8. The fourth-order valence-corrected chi connectivity index (χ4v) is 2.85. The van der Waals surface area contributed by atoms with Gasteiger partial charge in [-0.2, -0.15) is 0 Å². The standard InChI is InChI=1S/C16H19N3O2/c1-11-10-14(21-18-11)13-8-5-9-19(13)16(20)15(17)12-6-3-2-4-7-12/h2-4,6-7,10,13,15H,5,8-9,17H2,1H3. The fraction of sp³-hybridized carbons (Fsp3) is 0.375. The smallest absolute Gasteiger partial charge is 0.244 e. The van der Waals surface area contributed by atoms with E-state index in [1.54, 1.807) is 0 Å². The van der Waals surface area contributed by atoms with Crippen LogP contribution in [-0.2, 0) is 4.79 Å². The van der Waals surface area contributed by atoms with Crippen LogP contribution in [0.3, 0.4) is 0 Å². The largest absolute Gasteiger partial charge is 0.359 e. The highest BCUT2D eigenvalue weighted by Crippen LogP contribution is 2.33. The van der Waals surface area contributed by atoms with Crippen LogP contribution in [0.1, 0.15) is 41.9 Å². The van der Waals surface area contributed by atoms with Crippen LogP contribution < -0.4 is 5.73 Å². The minimum atomic E-state index is -0.629. The zero-order valence-corrected chi connectivity index (χ0v) is 12.0. The van der Waals surface area contributed by atoms with Crippen molar-refractivity contribution in [2.75, 3.05) is 6.54 Å². The van der Waals surface area contributed by atoms with Crippen LogP contribution in [0.5, 0.6) is 0 Å². The van der Waals surface area contributed by atoms with E-state index in [1.807, 2.05) is 48.2 Å². The number of amides is 1. The van der Waals surface area contributed by atoms with E-state index in [2.05, 4.69) is 5.16 Å². The predicted octanol–water partition coefficient (Wildman–Crippen LogP) is 2.35. The molecule has 0 aliphatic carbocycles. The zero-order chi connectivity index (χ0) is 14.8. The van der Waals surface area contributed by atoms with Crippen molar-refractivity contribution in [3.8, 4) is 0 Å². The maximum atomic E-state index is 12.7. The molecule has 1 aliphatic rings. The molecule has 2 atom stereocenters. The third kappa shape index (κ3) is 2.69. The topological polar surface area (TPSA) is 72.4 Å². The molecule has 0 saturated carbocycles. The minimum Gasteiger partial charge on any atom is -0.359 e. The number of aryl methyl sites for hydroxylation is 1. The van der Waals surface area contributed by atoms with Crippen molar-refractivity contribution < 1.29 is 9.32 Å². The molecule has 2 unspecified atom stereocenters. The van der Waals surface area contributed by atoms with Gasteiger partial charge in [0.2, 0.25) is 5.91 Å². The van der Waals surface area contributed by atoms with E-state index >= 15 is 0 Å². The van der Waals surface area contributed by atoms with Crippen molar-refractivity contribution >= 4 is 5.91 Å². The highest BCUT2D eigenvalue weighted by molar-refractivity contribution is 5.83. The Morgan fingerprint density at radius 1 is 1.43 bits per heavy atom. The molecule has 1 aromatic heterocycles. The summed E-state index contributed by atoms with van der Waals surface area (Å²) in [5.74, 6) is 0.691. The summed E-state index contributed by atoms with van der Waals surface area (Å²) in [5, 5.41) is 3.91. The van der Waals surface area contributed by atoms with E-state index in [9.17, 15) is 4.79 Å². The second-order valence-corrected chi connectivity index (χ2v) is 5.45. The first-order chi connectivity index (χ1) is 10.2. The highest BCUT2D eigenvalue weighted by atomic mass is 16.5. The Labute approximate surface area is 123 Å². The van der Waals surface area contributed by atoms with Gasteiger partial charge in [0.25, 0.3) is 0 Å².